The molecule has 0 amide bonds. The van der Waals surface area contributed by atoms with Gasteiger partial charge in [-0.2, -0.15) is 12.6 Å². The first-order valence-corrected chi connectivity index (χ1v) is 12.4. The van der Waals surface area contributed by atoms with E-state index in [1.54, 1.807) is 13.0 Å². The number of benzene rings is 2. The second kappa shape index (κ2) is 11.0. The summed E-state index contributed by atoms with van der Waals surface area (Å²) in [7, 11) is 0. The summed E-state index contributed by atoms with van der Waals surface area (Å²) >= 11 is 4.81. The van der Waals surface area contributed by atoms with Crippen LogP contribution in [0.2, 0.25) is 0 Å². The number of ether oxygens (including phenoxy) is 2. The third-order valence-electron chi connectivity index (χ3n) is 6.69. The number of hydrogen-bond acceptors (Lipinski definition) is 6. The Morgan fingerprint density at radius 2 is 1.92 bits per heavy atom. The zero-order chi connectivity index (χ0) is 24.7. The van der Waals surface area contributed by atoms with Gasteiger partial charge in [0.1, 0.15) is 5.75 Å². The van der Waals surface area contributed by atoms with Crippen molar-refractivity contribution < 1.29 is 28.2 Å². The number of fused-ring (bicyclic) bond motifs is 1. The van der Waals surface area contributed by atoms with Gasteiger partial charge in [-0.05, 0) is 49.6 Å². The summed E-state index contributed by atoms with van der Waals surface area (Å²) in [5, 5.41) is 10.8. The second-order valence-electron chi connectivity index (χ2n) is 9.00. The molecule has 0 radical (unpaired) electrons. The second-order valence-corrected chi connectivity index (χ2v) is 9.52. The van der Waals surface area contributed by atoms with Crippen molar-refractivity contribution in [3.05, 3.63) is 64.4 Å². The lowest BCUT2D eigenvalue weighted by atomic mass is 10.00. The summed E-state index contributed by atoms with van der Waals surface area (Å²) in [5.41, 5.74) is 2.76. The van der Waals surface area contributed by atoms with Gasteiger partial charge in [-0.3, -0.25) is 4.90 Å². The van der Waals surface area contributed by atoms with Gasteiger partial charge in [-0.15, -0.1) is 12.4 Å². The highest BCUT2D eigenvalue weighted by Crippen LogP contribution is 2.48. The predicted molar refractivity (Wildman–Crippen MR) is 138 cm³/mol. The molecule has 1 saturated heterocycles. The normalized spacial score (nSPS) is 17.1. The van der Waals surface area contributed by atoms with Gasteiger partial charge in [-0.1, -0.05) is 6.07 Å². The van der Waals surface area contributed by atoms with E-state index in [4.69, 9.17) is 22.1 Å². The molecule has 6 nitrogen and oxygen atoms in total. The molecule has 1 aliphatic carbocycles. The minimum atomic E-state index is -0.973. The molecule has 0 bridgehead atoms. The Morgan fingerprint density at radius 3 is 2.56 bits per heavy atom. The maximum absolute atomic E-state index is 14.1. The van der Waals surface area contributed by atoms with Crippen LogP contribution in [0.3, 0.4) is 0 Å². The van der Waals surface area contributed by atoms with Crippen LogP contribution in [0.25, 0.3) is 10.9 Å². The smallest absolute Gasteiger partial charge is 0.340 e. The van der Waals surface area contributed by atoms with Crippen LogP contribution in [-0.4, -0.2) is 53.5 Å². The number of esters is 1. The quantitative estimate of drug-likeness (QED) is 0.311. The number of halogens is 3. The fraction of sp³-hybridized carbons (Fsp3) is 0.423. The van der Waals surface area contributed by atoms with Crippen molar-refractivity contribution in [1.29, 1.82) is 0 Å². The number of aromatic hydroxyl groups is 1. The Bertz CT molecular complexity index is 1270. The molecule has 1 saturated carbocycles. The predicted octanol–water partition coefficient (Wildman–Crippen LogP) is 5.41. The number of thiol groups is 1. The summed E-state index contributed by atoms with van der Waals surface area (Å²) < 4.78 is 40.8. The number of carbonyl (C=O) groups is 1. The summed E-state index contributed by atoms with van der Waals surface area (Å²) in [6, 6.07) is 7.27. The number of phenols is 1. The van der Waals surface area contributed by atoms with Crippen molar-refractivity contribution in [1.82, 2.24) is 9.47 Å². The molecule has 1 aromatic heterocycles. The Labute approximate surface area is 220 Å². The minimum absolute atomic E-state index is 0. The molecular formula is C26H29ClF2N2O4S. The molecule has 1 N–H and O–H groups in total. The fourth-order valence-corrected chi connectivity index (χ4v) is 5.28. The molecule has 1 unspecified atom stereocenters. The van der Waals surface area contributed by atoms with Crippen molar-refractivity contribution in [3.63, 3.8) is 0 Å². The molecule has 1 aliphatic heterocycles. The molecule has 0 spiro atoms. The van der Waals surface area contributed by atoms with Gasteiger partial charge in [0.15, 0.2) is 11.6 Å². The number of carbonyl (C=O) groups excluding carboxylic acids is 1. The first-order valence-electron chi connectivity index (χ1n) is 11.9. The Morgan fingerprint density at radius 1 is 1.19 bits per heavy atom. The van der Waals surface area contributed by atoms with Crippen LogP contribution in [0, 0.1) is 11.6 Å². The van der Waals surface area contributed by atoms with E-state index in [0.717, 1.165) is 30.5 Å². The molecule has 36 heavy (non-hydrogen) atoms. The van der Waals surface area contributed by atoms with E-state index in [1.165, 1.54) is 6.07 Å². The molecular weight excluding hydrogens is 510 g/mol. The van der Waals surface area contributed by atoms with E-state index < -0.39 is 22.9 Å². The monoisotopic (exact) mass is 538 g/mol. The van der Waals surface area contributed by atoms with E-state index in [-0.39, 0.29) is 30.8 Å². The average Bonchev–Trinajstić information content (AvgIpc) is 3.63. The number of hydrogen-bond donors (Lipinski definition) is 2. The maximum Gasteiger partial charge on any atom is 0.340 e. The number of aromatic nitrogens is 1. The Hall–Kier alpha value is -2.33. The van der Waals surface area contributed by atoms with Crippen molar-refractivity contribution in [3.8, 4) is 5.75 Å². The number of nitrogens with zero attached hydrogens (tertiary/aromatic N) is 2. The van der Waals surface area contributed by atoms with Gasteiger partial charge in [0.2, 0.25) is 0 Å². The minimum Gasteiger partial charge on any atom is -0.508 e. The van der Waals surface area contributed by atoms with E-state index in [0.29, 0.717) is 60.6 Å². The van der Waals surface area contributed by atoms with Crippen LogP contribution in [-0.2, 0) is 16.0 Å². The summed E-state index contributed by atoms with van der Waals surface area (Å²) in [5.74, 6) is -2.35. The average molecular weight is 539 g/mol. The summed E-state index contributed by atoms with van der Waals surface area (Å²) in [4.78, 5) is 15.6. The topological polar surface area (TPSA) is 63.9 Å². The van der Waals surface area contributed by atoms with E-state index >= 15 is 0 Å². The van der Waals surface area contributed by atoms with Crippen LogP contribution >= 0.6 is 25.0 Å². The molecule has 3 aromatic rings. The van der Waals surface area contributed by atoms with Crippen molar-refractivity contribution >= 4 is 41.9 Å². The fourth-order valence-electron chi connectivity index (χ4n) is 4.87. The van der Waals surface area contributed by atoms with Crippen molar-refractivity contribution in [2.45, 2.75) is 37.6 Å². The molecule has 1 atom stereocenters. The third kappa shape index (κ3) is 4.94. The van der Waals surface area contributed by atoms with Gasteiger partial charge in [0.25, 0.3) is 0 Å². The molecule has 10 heteroatoms. The van der Waals surface area contributed by atoms with Crippen molar-refractivity contribution in [2.24, 2.45) is 0 Å². The highest BCUT2D eigenvalue weighted by atomic mass is 35.5. The first kappa shape index (κ1) is 26.7. The van der Waals surface area contributed by atoms with Crippen LogP contribution in [0.1, 0.15) is 58.2 Å². The van der Waals surface area contributed by atoms with Gasteiger partial charge in [0.05, 0.1) is 41.8 Å². The van der Waals surface area contributed by atoms with Gasteiger partial charge in [-0.25, -0.2) is 13.6 Å². The van der Waals surface area contributed by atoms with Gasteiger partial charge < -0.3 is 19.1 Å². The lowest BCUT2D eigenvalue weighted by Crippen LogP contribution is -2.35. The number of rotatable bonds is 7. The highest BCUT2D eigenvalue weighted by Gasteiger charge is 2.36. The Balaban J connectivity index is 0.00000304. The van der Waals surface area contributed by atoms with Crippen molar-refractivity contribution in [2.75, 3.05) is 32.9 Å². The number of phenolic OH excluding ortho intramolecular Hbond substituents is 1. The molecule has 5 rings (SSSR count). The molecule has 2 aliphatic rings. The lowest BCUT2D eigenvalue weighted by Gasteiger charge is -2.27. The van der Waals surface area contributed by atoms with Crippen LogP contribution < -0.4 is 0 Å². The van der Waals surface area contributed by atoms with Crippen LogP contribution in [0.4, 0.5) is 8.78 Å². The first-order chi connectivity index (χ1) is 16.9. The molecule has 2 aromatic carbocycles. The standard InChI is InChI=1S/C26H28F2N2O4S.ClH/c1-2-34-26(32)23-22-17(14-29-9-11-33-12-10-29)21(31)8-7-20(22)30(16-4-5-16)24(23)25(35)15-3-6-18(27)19(28)13-15;/h3,6-8,13,16,25,31,35H,2,4-5,9-12,14H2,1H3;1H. The van der Waals surface area contributed by atoms with Gasteiger partial charge in [0, 0.05) is 36.6 Å². The van der Waals surface area contributed by atoms with E-state index in [1.807, 2.05) is 6.07 Å². The van der Waals surface area contributed by atoms with E-state index in [9.17, 15) is 18.7 Å². The number of morpholine rings is 1. The molecule has 2 heterocycles. The highest BCUT2D eigenvalue weighted by molar-refractivity contribution is 7.80. The maximum atomic E-state index is 14.1. The molecule has 194 valence electrons. The summed E-state index contributed by atoms with van der Waals surface area (Å²) in [6.07, 6.45) is 1.86. The third-order valence-corrected chi connectivity index (χ3v) is 7.23. The largest absolute Gasteiger partial charge is 0.508 e. The molecule has 2 fully saturated rings. The lowest BCUT2D eigenvalue weighted by molar-refractivity contribution is 0.0340. The summed E-state index contributed by atoms with van der Waals surface area (Å²) in [6.45, 7) is 4.98. The Kier molecular flexibility index (Phi) is 8.14. The van der Waals surface area contributed by atoms with E-state index in [2.05, 4.69) is 9.47 Å². The SMILES string of the molecule is CCOC(=O)c1c(C(S)c2ccc(F)c(F)c2)n(C2CC2)c2ccc(O)c(CN3CCOCC3)c12.Cl. The van der Waals surface area contributed by atoms with Crippen LogP contribution in [0.15, 0.2) is 30.3 Å². The van der Waals surface area contributed by atoms with Gasteiger partial charge >= 0.3 is 5.97 Å². The zero-order valence-corrected chi connectivity index (χ0v) is 21.6. The zero-order valence-electron chi connectivity index (χ0n) is 19.9. The van der Waals surface area contributed by atoms with Crippen LogP contribution in [0.5, 0.6) is 5.75 Å².